The summed E-state index contributed by atoms with van der Waals surface area (Å²) in [6.07, 6.45) is 2.91. The van der Waals surface area contributed by atoms with E-state index in [0.29, 0.717) is 32.5 Å². The molecule has 43 heavy (non-hydrogen) atoms. The van der Waals surface area contributed by atoms with Crippen LogP contribution in [0.2, 0.25) is 0 Å². The smallest absolute Gasteiger partial charge is 0.346 e. The van der Waals surface area contributed by atoms with Gasteiger partial charge in [0.2, 0.25) is 5.91 Å². The fourth-order valence-corrected chi connectivity index (χ4v) is 8.25. The summed E-state index contributed by atoms with van der Waals surface area (Å²) in [4.78, 5) is 29.2. The lowest BCUT2D eigenvalue weighted by atomic mass is 9.76. The SMILES string of the molecule is O=C1NC2(CC2)C2CCN(C2)C(=O)C2(C/C=C/CN(c3cccc(C(F)(F)F)c3)S(=O)(=O)c3cccc1c3)CCCNC2. The Labute approximate surface area is 249 Å². The normalized spacial score (nSPS) is 28.0. The molecule has 2 atom stereocenters. The van der Waals surface area contributed by atoms with Gasteiger partial charge in [-0.3, -0.25) is 13.9 Å². The van der Waals surface area contributed by atoms with Crippen molar-refractivity contribution >= 4 is 27.5 Å². The van der Waals surface area contributed by atoms with Crippen LogP contribution < -0.4 is 14.9 Å². The first kappa shape index (κ1) is 29.7. The molecule has 2 spiro atoms. The monoisotopic (exact) mass is 616 g/mol. The average Bonchev–Trinajstić information content (AvgIpc) is 3.59. The first-order chi connectivity index (χ1) is 20.4. The number of anilines is 1. The van der Waals surface area contributed by atoms with Gasteiger partial charge in [0.25, 0.3) is 15.9 Å². The Morgan fingerprint density at radius 2 is 1.77 bits per heavy atom. The Morgan fingerprint density at radius 1 is 0.977 bits per heavy atom. The third-order valence-corrected chi connectivity index (χ3v) is 11.2. The van der Waals surface area contributed by atoms with E-state index in [-0.39, 0.29) is 34.5 Å². The third-order valence-electron chi connectivity index (χ3n) is 9.43. The number of nitrogens with one attached hydrogen (secondary N) is 2. The number of rotatable bonds is 1. The van der Waals surface area contributed by atoms with Gasteiger partial charge in [-0.1, -0.05) is 24.3 Å². The van der Waals surface area contributed by atoms with E-state index in [1.54, 1.807) is 12.2 Å². The highest BCUT2D eigenvalue weighted by Crippen LogP contribution is 2.47. The van der Waals surface area contributed by atoms with Crippen molar-refractivity contribution in [1.29, 1.82) is 0 Å². The molecule has 8 nitrogen and oxygen atoms in total. The van der Waals surface area contributed by atoms with Crippen LogP contribution >= 0.6 is 0 Å². The summed E-state index contributed by atoms with van der Waals surface area (Å²) in [6, 6.07) is 9.79. The van der Waals surface area contributed by atoms with Crippen molar-refractivity contribution in [1.82, 2.24) is 15.5 Å². The maximum atomic E-state index is 14.0. The number of amides is 2. The molecule has 0 radical (unpaired) electrons. The summed E-state index contributed by atoms with van der Waals surface area (Å²) in [5, 5.41) is 6.49. The zero-order valence-corrected chi connectivity index (χ0v) is 24.5. The topological polar surface area (TPSA) is 98.8 Å². The largest absolute Gasteiger partial charge is 0.416 e. The van der Waals surface area contributed by atoms with Gasteiger partial charge in [-0.2, -0.15) is 13.2 Å². The molecule has 4 aliphatic rings. The van der Waals surface area contributed by atoms with Crippen LogP contribution in [0.25, 0.3) is 0 Å². The van der Waals surface area contributed by atoms with Crippen LogP contribution in [0.1, 0.15) is 54.4 Å². The molecular weight excluding hydrogens is 581 g/mol. The maximum absolute atomic E-state index is 14.0. The molecule has 2 N–H and O–H groups in total. The Balaban J connectivity index is 1.43. The van der Waals surface area contributed by atoms with E-state index >= 15 is 0 Å². The number of allylic oxidation sites excluding steroid dienone is 1. The molecular formula is C31H35F3N4O4S. The molecule has 3 fully saturated rings. The van der Waals surface area contributed by atoms with Gasteiger partial charge in [0.1, 0.15) is 0 Å². The van der Waals surface area contributed by atoms with Crippen LogP contribution in [-0.4, -0.2) is 63.4 Å². The van der Waals surface area contributed by atoms with Gasteiger partial charge < -0.3 is 15.5 Å². The van der Waals surface area contributed by atoms with Crippen LogP contribution in [0.15, 0.2) is 65.6 Å². The van der Waals surface area contributed by atoms with Gasteiger partial charge >= 0.3 is 6.18 Å². The molecule has 1 saturated carbocycles. The minimum Gasteiger partial charge on any atom is -0.346 e. The minimum atomic E-state index is -4.67. The Hall–Kier alpha value is -3.38. The molecule has 3 aliphatic heterocycles. The molecule has 2 saturated heterocycles. The predicted molar refractivity (Wildman–Crippen MR) is 155 cm³/mol. The Kier molecular flexibility index (Phi) is 7.56. The third kappa shape index (κ3) is 5.66. The Bertz CT molecular complexity index is 1550. The average molecular weight is 617 g/mol. The standard InChI is InChI=1S/C31H35F3N4O4S/c32-31(33,34)23-7-4-8-25(19-23)38-16-2-1-11-29(12-5-15-35-21-29)28(40)37-17-10-24(20-37)30(13-14-30)36-27(39)22-6-3-9-26(18-22)43(38,41)42/h1-4,6-9,18-19,24,35H,5,10-17,20-21H2,(H,36,39)/b2-1+. The van der Waals surface area contributed by atoms with Crippen molar-refractivity contribution in [3.05, 3.63) is 71.8 Å². The number of sulfonamides is 1. The number of hydrogen-bond acceptors (Lipinski definition) is 5. The zero-order valence-electron chi connectivity index (χ0n) is 23.7. The van der Waals surface area contributed by atoms with E-state index in [0.717, 1.165) is 48.7 Å². The van der Waals surface area contributed by atoms with Gasteiger partial charge in [-0.05, 0) is 81.5 Å². The van der Waals surface area contributed by atoms with E-state index in [1.807, 2.05) is 4.90 Å². The number of fused-ring (bicyclic) bond motifs is 5. The van der Waals surface area contributed by atoms with Gasteiger partial charge in [-0.25, -0.2) is 8.42 Å². The molecule has 3 heterocycles. The summed E-state index contributed by atoms with van der Waals surface area (Å²) < 4.78 is 69.7. The summed E-state index contributed by atoms with van der Waals surface area (Å²) in [6.45, 7) is 2.20. The van der Waals surface area contributed by atoms with E-state index in [2.05, 4.69) is 10.6 Å². The van der Waals surface area contributed by atoms with Gasteiger partial charge in [0, 0.05) is 36.7 Å². The maximum Gasteiger partial charge on any atom is 0.416 e. The quantitative estimate of drug-likeness (QED) is 0.465. The van der Waals surface area contributed by atoms with E-state index in [4.69, 9.17) is 0 Å². The van der Waals surface area contributed by atoms with Crippen molar-refractivity contribution < 1.29 is 31.2 Å². The number of carbonyl (C=O) groups is 2. The van der Waals surface area contributed by atoms with E-state index in [1.165, 1.54) is 36.4 Å². The van der Waals surface area contributed by atoms with Crippen LogP contribution in [-0.2, 0) is 21.0 Å². The molecule has 2 aromatic rings. The molecule has 2 unspecified atom stereocenters. The number of benzene rings is 2. The van der Waals surface area contributed by atoms with Gasteiger partial charge in [0.15, 0.2) is 0 Å². The van der Waals surface area contributed by atoms with Crippen LogP contribution in [0.3, 0.4) is 0 Å². The van der Waals surface area contributed by atoms with Crippen molar-refractivity contribution in [3.8, 4) is 0 Å². The van der Waals surface area contributed by atoms with Gasteiger partial charge in [0.05, 0.1) is 28.1 Å². The minimum absolute atomic E-state index is 0.0484. The summed E-state index contributed by atoms with van der Waals surface area (Å²) in [7, 11) is -4.39. The van der Waals surface area contributed by atoms with Crippen molar-refractivity contribution in [3.63, 3.8) is 0 Å². The molecule has 230 valence electrons. The molecule has 4 bridgehead atoms. The summed E-state index contributed by atoms with van der Waals surface area (Å²) in [5.41, 5.74) is -2.13. The molecule has 2 amide bonds. The van der Waals surface area contributed by atoms with E-state index in [9.17, 15) is 31.2 Å². The second-order valence-electron chi connectivity index (χ2n) is 12.2. The highest BCUT2D eigenvalue weighted by Gasteiger charge is 2.54. The zero-order chi connectivity index (χ0) is 30.5. The van der Waals surface area contributed by atoms with E-state index < -0.39 is 38.6 Å². The summed E-state index contributed by atoms with van der Waals surface area (Å²) >= 11 is 0. The van der Waals surface area contributed by atoms with Crippen molar-refractivity contribution in [2.75, 3.05) is 37.0 Å². The number of hydrogen-bond donors (Lipinski definition) is 2. The highest BCUT2D eigenvalue weighted by atomic mass is 32.2. The number of alkyl halides is 3. The first-order valence-corrected chi connectivity index (χ1v) is 16.2. The number of piperidine rings is 1. The molecule has 6 rings (SSSR count). The number of halogens is 3. The van der Waals surface area contributed by atoms with Crippen LogP contribution in [0.4, 0.5) is 18.9 Å². The predicted octanol–water partition coefficient (Wildman–Crippen LogP) is 4.34. The second kappa shape index (κ2) is 11.0. The molecule has 2 aromatic carbocycles. The molecule has 1 aliphatic carbocycles. The van der Waals surface area contributed by atoms with Crippen LogP contribution in [0.5, 0.6) is 0 Å². The van der Waals surface area contributed by atoms with Crippen molar-refractivity contribution in [2.24, 2.45) is 11.3 Å². The lowest BCUT2D eigenvalue weighted by Crippen LogP contribution is -2.52. The molecule has 12 heteroatoms. The fraction of sp³-hybridized carbons (Fsp3) is 0.484. The number of nitrogens with zero attached hydrogens (tertiary/aromatic N) is 2. The number of carbonyl (C=O) groups excluding carboxylic acids is 2. The second-order valence-corrected chi connectivity index (χ2v) is 14.1. The lowest BCUT2D eigenvalue weighted by Gasteiger charge is -2.39. The van der Waals surface area contributed by atoms with Gasteiger partial charge in [-0.15, -0.1) is 0 Å². The van der Waals surface area contributed by atoms with Crippen molar-refractivity contribution in [2.45, 2.75) is 55.1 Å². The molecule has 0 aromatic heterocycles. The summed E-state index contributed by atoms with van der Waals surface area (Å²) in [5.74, 6) is -0.266. The highest BCUT2D eigenvalue weighted by molar-refractivity contribution is 7.92. The fourth-order valence-electron chi connectivity index (χ4n) is 6.80. The first-order valence-electron chi connectivity index (χ1n) is 14.7. The lowest BCUT2D eigenvalue weighted by molar-refractivity contribution is -0.142. The van der Waals surface area contributed by atoms with Crippen LogP contribution in [0, 0.1) is 11.3 Å². The Morgan fingerprint density at radius 3 is 2.49 bits per heavy atom.